The zero-order valence-electron chi connectivity index (χ0n) is 14.0. The molecule has 0 radical (unpaired) electrons. The van der Waals surface area contributed by atoms with Crippen LogP contribution in [0.1, 0.15) is 49.2 Å². The average Bonchev–Trinajstić information content (AvgIpc) is 2.55. The molecule has 4 nitrogen and oxygen atoms in total. The molecular formula is C19H24N2O2. The van der Waals surface area contributed by atoms with E-state index in [4.69, 9.17) is 4.74 Å². The molecule has 0 saturated heterocycles. The predicted octanol–water partition coefficient (Wildman–Crippen LogP) is 3.74. The summed E-state index contributed by atoms with van der Waals surface area (Å²) in [6.07, 6.45) is 2.08. The molecule has 122 valence electrons. The number of esters is 1. The van der Waals surface area contributed by atoms with Crippen molar-refractivity contribution in [3.8, 4) is 0 Å². The number of pyridine rings is 1. The van der Waals surface area contributed by atoms with Gasteiger partial charge in [0.05, 0.1) is 18.7 Å². The number of carbonyl (C=O) groups excluding carboxylic acids is 1. The second-order valence-electron chi connectivity index (χ2n) is 5.56. The lowest BCUT2D eigenvalue weighted by Gasteiger charge is -2.24. The summed E-state index contributed by atoms with van der Waals surface area (Å²) in [5, 5.41) is 3.52. The van der Waals surface area contributed by atoms with Crippen LogP contribution < -0.4 is 5.32 Å². The van der Waals surface area contributed by atoms with Crippen LogP contribution in [0.15, 0.2) is 48.7 Å². The first-order valence-electron chi connectivity index (χ1n) is 8.00. The average molecular weight is 312 g/mol. The highest BCUT2D eigenvalue weighted by Crippen LogP contribution is 2.24. The van der Waals surface area contributed by atoms with Gasteiger partial charge in [-0.1, -0.05) is 30.3 Å². The van der Waals surface area contributed by atoms with Gasteiger partial charge in [-0.15, -0.1) is 0 Å². The van der Waals surface area contributed by atoms with E-state index in [2.05, 4.69) is 36.3 Å². The van der Waals surface area contributed by atoms with E-state index >= 15 is 0 Å². The molecule has 23 heavy (non-hydrogen) atoms. The van der Waals surface area contributed by atoms with E-state index in [9.17, 15) is 4.79 Å². The molecule has 4 heteroatoms. The monoisotopic (exact) mass is 312 g/mol. The Labute approximate surface area is 137 Å². The second-order valence-corrected chi connectivity index (χ2v) is 5.56. The zero-order chi connectivity index (χ0) is 16.7. The van der Waals surface area contributed by atoms with Crippen LogP contribution in [0.25, 0.3) is 0 Å². The normalized spacial score (nSPS) is 13.3. The number of aryl methyl sites for hydroxylation is 1. The molecule has 1 aromatic carbocycles. The molecule has 1 heterocycles. The molecule has 0 amide bonds. The van der Waals surface area contributed by atoms with Crippen molar-refractivity contribution < 1.29 is 9.53 Å². The van der Waals surface area contributed by atoms with Gasteiger partial charge in [0, 0.05) is 18.3 Å². The predicted molar refractivity (Wildman–Crippen MR) is 91.0 cm³/mol. The number of aromatic nitrogens is 1. The second kappa shape index (κ2) is 8.44. The van der Waals surface area contributed by atoms with Crippen LogP contribution in [0.3, 0.4) is 0 Å². The Morgan fingerprint density at radius 3 is 2.61 bits per heavy atom. The first-order valence-corrected chi connectivity index (χ1v) is 8.00. The first kappa shape index (κ1) is 17.2. The van der Waals surface area contributed by atoms with E-state index in [1.165, 1.54) is 0 Å². The molecule has 0 spiro atoms. The van der Waals surface area contributed by atoms with Gasteiger partial charge in [-0.3, -0.25) is 9.78 Å². The molecule has 0 unspecified atom stereocenters. The summed E-state index contributed by atoms with van der Waals surface area (Å²) in [6.45, 7) is 6.33. The van der Waals surface area contributed by atoms with Gasteiger partial charge in [0.1, 0.15) is 0 Å². The third-order valence-corrected chi connectivity index (χ3v) is 3.82. The fourth-order valence-electron chi connectivity index (χ4n) is 2.64. The Bertz CT molecular complexity index is 628. The summed E-state index contributed by atoms with van der Waals surface area (Å²) in [4.78, 5) is 16.4. The highest BCUT2D eigenvalue weighted by Gasteiger charge is 2.21. The standard InChI is InChI=1S/C19H24N2O2/c1-4-23-19(22)13-18(16-10-6-5-9-14(16)2)21-15(3)17-11-7-8-12-20-17/h5-12,15,18,21H,4,13H2,1-3H3/t15-,18+/m0/s1. The third kappa shape index (κ3) is 4.89. The van der Waals surface area contributed by atoms with Crippen molar-refractivity contribution in [2.24, 2.45) is 0 Å². The molecular weight excluding hydrogens is 288 g/mol. The number of carbonyl (C=O) groups is 1. The van der Waals surface area contributed by atoms with Gasteiger partial charge < -0.3 is 10.1 Å². The van der Waals surface area contributed by atoms with Crippen LogP contribution >= 0.6 is 0 Å². The van der Waals surface area contributed by atoms with Crippen LogP contribution in [0.5, 0.6) is 0 Å². The van der Waals surface area contributed by atoms with Crippen LogP contribution in [0.2, 0.25) is 0 Å². The maximum absolute atomic E-state index is 12.0. The Morgan fingerprint density at radius 2 is 1.96 bits per heavy atom. The van der Waals surface area contributed by atoms with E-state index < -0.39 is 0 Å². The number of benzene rings is 1. The minimum atomic E-state index is -0.193. The van der Waals surface area contributed by atoms with Gasteiger partial charge in [-0.2, -0.15) is 0 Å². The topological polar surface area (TPSA) is 51.2 Å². The summed E-state index contributed by atoms with van der Waals surface area (Å²) < 4.78 is 5.13. The molecule has 0 saturated carbocycles. The van der Waals surface area contributed by atoms with Crippen LogP contribution in [0.4, 0.5) is 0 Å². The van der Waals surface area contributed by atoms with E-state index in [1.54, 1.807) is 6.20 Å². The number of hydrogen-bond donors (Lipinski definition) is 1. The van der Waals surface area contributed by atoms with Crippen molar-refractivity contribution in [1.82, 2.24) is 10.3 Å². The van der Waals surface area contributed by atoms with Gasteiger partial charge in [0.25, 0.3) is 0 Å². The summed E-state index contributed by atoms with van der Waals surface area (Å²) in [5.41, 5.74) is 3.22. The van der Waals surface area contributed by atoms with Crippen LogP contribution in [-0.4, -0.2) is 17.6 Å². The maximum Gasteiger partial charge on any atom is 0.307 e. The van der Waals surface area contributed by atoms with Crippen molar-refractivity contribution in [1.29, 1.82) is 0 Å². The van der Waals surface area contributed by atoms with Crippen molar-refractivity contribution in [3.05, 3.63) is 65.5 Å². The van der Waals surface area contributed by atoms with Gasteiger partial charge >= 0.3 is 5.97 Å². The number of nitrogens with zero attached hydrogens (tertiary/aromatic N) is 1. The zero-order valence-corrected chi connectivity index (χ0v) is 14.0. The molecule has 0 fully saturated rings. The molecule has 0 aliphatic carbocycles. The molecule has 2 rings (SSSR count). The fraction of sp³-hybridized carbons (Fsp3) is 0.368. The summed E-state index contributed by atoms with van der Waals surface area (Å²) in [6, 6.07) is 13.9. The SMILES string of the molecule is CCOC(=O)C[C@@H](N[C@@H](C)c1ccccn1)c1ccccc1C. The highest BCUT2D eigenvalue weighted by atomic mass is 16.5. The molecule has 2 aromatic rings. The molecule has 0 bridgehead atoms. The Kier molecular flexibility index (Phi) is 6.29. The van der Waals surface area contributed by atoms with Crippen molar-refractivity contribution >= 4 is 5.97 Å². The Hall–Kier alpha value is -2.20. The highest BCUT2D eigenvalue weighted by molar-refractivity contribution is 5.70. The quantitative estimate of drug-likeness (QED) is 0.791. The summed E-state index contributed by atoms with van der Waals surface area (Å²) >= 11 is 0. The Balaban J connectivity index is 2.19. The van der Waals surface area contributed by atoms with Crippen LogP contribution in [0, 0.1) is 6.92 Å². The lowest BCUT2D eigenvalue weighted by molar-refractivity contribution is -0.143. The van der Waals surface area contributed by atoms with Crippen molar-refractivity contribution in [2.75, 3.05) is 6.61 Å². The van der Waals surface area contributed by atoms with Gasteiger partial charge in [0.2, 0.25) is 0 Å². The van der Waals surface area contributed by atoms with E-state index in [0.717, 1.165) is 16.8 Å². The molecule has 1 aromatic heterocycles. The smallest absolute Gasteiger partial charge is 0.307 e. The largest absolute Gasteiger partial charge is 0.466 e. The number of ether oxygens (including phenoxy) is 1. The minimum Gasteiger partial charge on any atom is -0.466 e. The molecule has 0 aliphatic heterocycles. The minimum absolute atomic E-state index is 0.0373. The van der Waals surface area contributed by atoms with Gasteiger partial charge in [0.15, 0.2) is 0 Å². The number of nitrogens with one attached hydrogen (secondary N) is 1. The fourth-order valence-corrected chi connectivity index (χ4v) is 2.64. The number of hydrogen-bond acceptors (Lipinski definition) is 4. The van der Waals surface area contributed by atoms with E-state index in [0.29, 0.717) is 13.0 Å². The summed E-state index contributed by atoms with van der Waals surface area (Å²) in [5.74, 6) is -0.193. The molecule has 2 atom stereocenters. The first-order chi connectivity index (χ1) is 11.1. The van der Waals surface area contributed by atoms with Gasteiger partial charge in [-0.05, 0) is 44.0 Å². The van der Waals surface area contributed by atoms with Crippen molar-refractivity contribution in [3.63, 3.8) is 0 Å². The lowest BCUT2D eigenvalue weighted by atomic mass is 9.97. The maximum atomic E-state index is 12.0. The Morgan fingerprint density at radius 1 is 1.22 bits per heavy atom. The molecule has 0 aliphatic rings. The lowest BCUT2D eigenvalue weighted by Crippen LogP contribution is -2.28. The number of rotatable bonds is 7. The van der Waals surface area contributed by atoms with E-state index in [-0.39, 0.29) is 18.1 Å². The van der Waals surface area contributed by atoms with Gasteiger partial charge in [-0.25, -0.2) is 0 Å². The van der Waals surface area contributed by atoms with E-state index in [1.807, 2.05) is 37.3 Å². The summed E-state index contributed by atoms with van der Waals surface area (Å²) in [7, 11) is 0. The van der Waals surface area contributed by atoms with Crippen LogP contribution in [-0.2, 0) is 9.53 Å². The third-order valence-electron chi connectivity index (χ3n) is 3.82. The van der Waals surface area contributed by atoms with Crippen molar-refractivity contribution in [2.45, 2.75) is 39.3 Å². The molecule has 1 N–H and O–H groups in total.